The van der Waals surface area contributed by atoms with Gasteiger partial charge >= 0.3 is 5.97 Å². The summed E-state index contributed by atoms with van der Waals surface area (Å²) in [4.78, 5) is 25.7. The van der Waals surface area contributed by atoms with Gasteiger partial charge in [-0.25, -0.2) is 4.79 Å². The molecule has 0 saturated heterocycles. The average Bonchev–Trinajstić information content (AvgIpc) is 3.18. The van der Waals surface area contributed by atoms with Gasteiger partial charge in [0, 0.05) is 17.6 Å². The van der Waals surface area contributed by atoms with Crippen molar-refractivity contribution in [3.05, 3.63) is 34.0 Å². The number of methoxy groups -OCH3 is 1. The molecular weight excluding hydrogens is 314 g/mol. The molecule has 0 aliphatic heterocycles. The largest absolute Gasteiger partial charge is 0.465 e. The predicted molar refractivity (Wildman–Crippen MR) is 88.2 cm³/mol. The molecule has 0 radical (unpaired) electrons. The lowest BCUT2D eigenvalue weighted by atomic mass is 9.95. The molecule has 0 spiro atoms. The molecule has 1 amide bonds. The van der Waals surface area contributed by atoms with E-state index >= 15 is 0 Å². The van der Waals surface area contributed by atoms with Gasteiger partial charge in [0.1, 0.15) is 5.00 Å². The van der Waals surface area contributed by atoms with Crippen molar-refractivity contribution in [3.63, 3.8) is 0 Å². The number of aromatic nitrogens is 2. The van der Waals surface area contributed by atoms with E-state index in [0.717, 1.165) is 31.2 Å². The number of hydrogen-bond donors (Lipinski definition) is 1. The van der Waals surface area contributed by atoms with E-state index in [1.54, 1.807) is 16.9 Å². The van der Waals surface area contributed by atoms with Gasteiger partial charge in [0.25, 0.3) is 5.91 Å². The van der Waals surface area contributed by atoms with Crippen LogP contribution in [0.5, 0.6) is 0 Å². The number of nitrogens with zero attached hydrogens (tertiary/aromatic N) is 2. The lowest BCUT2D eigenvalue weighted by molar-refractivity contribution is 0.0601. The Morgan fingerprint density at radius 1 is 1.39 bits per heavy atom. The van der Waals surface area contributed by atoms with Crippen molar-refractivity contribution in [2.75, 3.05) is 12.4 Å². The third-order valence-electron chi connectivity index (χ3n) is 3.99. The van der Waals surface area contributed by atoms with Crippen LogP contribution in [0, 0.1) is 0 Å². The van der Waals surface area contributed by atoms with Crippen LogP contribution in [0.1, 0.15) is 51.1 Å². The first kappa shape index (κ1) is 15.7. The first-order chi connectivity index (χ1) is 11.1. The molecule has 3 rings (SSSR count). The lowest BCUT2D eigenvalue weighted by Gasteiger charge is -2.11. The number of nitrogens with one attached hydrogen (secondary N) is 1. The topological polar surface area (TPSA) is 73.2 Å². The molecular formula is C16H19N3O3S. The quantitative estimate of drug-likeness (QED) is 0.873. The molecule has 122 valence electrons. The first-order valence-corrected chi connectivity index (χ1v) is 8.53. The highest BCUT2D eigenvalue weighted by Gasteiger charge is 2.27. The van der Waals surface area contributed by atoms with Crippen LogP contribution in [0.25, 0.3) is 0 Å². The van der Waals surface area contributed by atoms with Gasteiger partial charge in [0.05, 0.1) is 12.7 Å². The summed E-state index contributed by atoms with van der Waals surface area (Å²) in [5.41, 5.74) is 1.88. The van der Waals surface area contributed by atoms with Crippen molar-refractivity contribution in [1.29, 1.82) is 0 Å². The number of rotatable bonds is 4. The van der Waals surface area contributed by atoms with Gasteiger partial charge in [-0.15, -0.1) is 11.3 Å². The van der Waals surface area contributed by atoms with Crippen LogP contribution in [0.2, 0.25) is 0 Å². The van der Waals surface area contributed by atoms with Crippen molar-refractivity contribution in [2.24, 2.45) is 0 Å². The van der Waals surface area contributed by atoms with Crippen LogP contribution in [0.15, 0.2) is 12.3 Å². The van der Waals surface area contributed by atoms with E-state index in [2.05, 4.69) is 10.4 Å². The van der Waals surface area contributed by atoms with Crippen molar-refractivity contribution < 1.29 is 14.3 Å². The normalized spacial score (nSPS) is 13.5. The van der Waals surface area contributed by atoms with Crippen LogP contribution >= 0.6 is 11.3 Å². The van der Waals surface area contributed by atoms with E-state index < -0.39 is 5.97 Å². The minimum Gasteiger partial charge on any atom is -0.465 e. The summed E-state index contributed by atoms with van der Waals surface area (Å²) in [7, 11) is 1.36. The third kappa shape index (κ3) is 3.01. The molecule has 1 N–H and O–H groups in total. The van der Waals surface area contributed by atoms with Crippen LogP contribution in [0.3, 0.4) is 0 Å². The second kappa shape index (κ2) is 6.54. The van der Waals surface area contributed by atoms with Crippen molar-refractivity contribution >= 4 is 28.2 Å². The number of fused-ring (bicyclic) bond motifs is 1. The molecule has 0 aromatic carbocycles. The zero-order valence-electron chi connectivity index (χ0n) is 13.2. The molecule has 0 atom stereocenters. The number of amides is 1. The summed E-state index contributed by atoms with van der Waals surface area (Å²) < 4.78 is 6.60. The fourth-order valence-electron chi connectivity index (χ4n) is 2.80. The van der Waals surface area contributed by atoms with Crippen LogP contribution < -0.4 is 5.32 Å². The molecule has 23 heavy (non-hydrogen) atoms. The van der Waals surface area contributed by atoms with Gasteiger partial charge in [-0.05, 0) is 44.2 Å². The highest BCUT2D eigenvalue weighted by atomic mass is 32.1. The van der Waals surface area contributed by atoms with Crippen molar-refractivity contribution in [1.82, 2.24) is 9.78 Å². The van der Waals surface area contributed by atoms with Crippen molar-refractivity contribution in [3.8, 4) is 0 Å². The van der Waals surface area contributed by atoms with Gasteiger partial charge in [-0.2, -0.15) is 5.10 Å². The fraction of sp³-hybridized carbons (Fsp3) is 0.438. The number of aryl methyl sites for hydroxylation is 2. The van der Waals surface area contributed by atoms with Crippen LogP contribution in [0.4, 0.5) is 5.00 Å². The second-order valence-electron chi connectivity index (χ2n) is 5.42. The Morgan fingerprint density at radius 2 is 2.17 bits per heavy atom. The molecule has 2 heterocycles. The van der Waals surface area contributed by atoms with E-state index in [4.69, 9.17) is 4.74 Å². The summed E-state index contributed by atoms with van der Waals surface area (Å²) in [6.07, 6.45) is 5.74. The Labute approximate surface area is 138 Å². The number of anilines is 1. The summed E-state index contributed by atoms with van der Waals surface area (Å²) in [6, 6.07) is 1.67. The van der Waals surface area contributed by atoms with Gasteiger partial charge < -0.3 is 10.1 Å². The summed E-state index contributed by atoms with van der Waals surface area (Å²) in [5.74, 6) is -0.695. The number of ether oxygens (including phenoxy) is 1. The van der Waals surface area contributed by atoms with Gasteiger partial charge in [-0.1, -0.05) is 0 Å². The molecule has 2 aromatic heterocycles. The number of esters is 1. The standard InChI is InChI=1S/C16H19N3O3S/c1-3-19-9-8-11(18-19)14(20)17-15-13(16(21)22-2)10-6-4-5-7-12(10)23-15/h8-9H,3-7H2,1-2H3,(H,17,20). The monoisotopic (exact) mass is 333 g/mol. The maximum atomic E-state index is 12.4. The highest BCUT2D eigenvalue weighted by Crippen LogP contribution is 2.38. The fourth-order valence-corrected chi connectivity index (χ4v) is 4.07. The maximum Gasteiger partial charge on any atom is 0.341 e. The Kier molecular flexibility index (Phi) is 4.47. The predicted octanol–water partition coefficient (Wildman–Crippen LogP) is 2.88. The molecule has 7 heteroatoms. The van der Waals surface area contributed by atoms with Crippen LogP contribution in [-0.2, 0) is 24.1 Å². The highest BCUT2D eigenvalue weighted by molar-refractivity contribution is 7.17. The Bertz CT molecular complexity index is 748. The number of carbonyl (C=O) groups excluding carboxylic acids is 2. The summed E-state index contributed by atoms with van der Waals surface area (Å²) in [5, 5.41) is 7.60. The van der Waals surface area contributed by atoms with Gasteiger partial charge in [-0.3, -0.25) is 9.48 Å². The van der Waals surface area contributed by atoms with Crippen LogP contribution in [-0.4, -0.2) is 28.8 Å². The summed E-state index contributed by atoms with van der Waals surface area (Å²) >= 11 is 1.47. The van der Waals surface area contributed by atoms with Gasteiger partial charge in [0.15, 0.2) is 5.69 Å². The van der Waals surface area contributed by atoms with Gasteiger partial charge in [0.2, 0.25) is 0 Å². The lowest BCUT2D eigenvalue weighted by Crippen LogP contribution is -2.16. The molecule has 6 nitrogen and oxygen atoms in total. The maximum absolute atomic E-state index is 12.4. The van der Waals surface area contributed by atoms with E-state index in [-0.39, 0.29) is 5.91 Å². The van der Waals surface area contributed by atoms with E-state index in [9.17, 15) is 9.59 Å². The van der Waals surface area contributed by atoms with E-state index in [1.807, 2.05) is 6.92 Å². The third-order valence-corrected chi connectivity index (χ3v) is 5.19. The molecule has 1 aliphatic carbocycles. The van der Waals surface area contributed by atoms with Crippen molar-refractivity contribution in [2.45, 2.75) is 39.2 Å². The number of thiophene rings is 1. The number of hydrogen-bond acceptors (Lipinski definition) is 5. The van der Waals surface area contributed by atoms with E-state index in [0.29, 0.717) is 22.8 Å². The summed E-state index contributed by atoms with van der Waals surface area (Å²) in [6.45, 7) is 2.66. The molecule has 1 aliphatic rings. The molecule has 0 saturated carbocycles. The average molecular weight is 333 g/mol. The Hall–Kier alpha value is -2.15. The first-order valence-electron chi connectivity index (χ1n) is 7.71. The SMILES string of the molecule is CCn1ccc(C(=O)Nc2sc3c(c2C(=O)OC)CCCC3)n1. The molecule has 0 bridgehead atoms. The number of carbonyl (C=O) groups is 2. The van der Waals surface area contributed by atoms with E-state index in [1.165, 1.54) is 23.3 Å². The Balaban J connectivity index is 1.91. The Morgan fingerprint density at radius 3 is 2.87 bits per heavy atom. The second-order valence-corrected chi connectivity index (χ2v) is 6.52. The minimum absolute atomic E-state index is 0.305. The zero-order valence-corrected chi connectivity index (χ0v) is 14.0. The zero-order chi connectivity index (χ0) is 16.4. The smallest absolute Gasteiger partial charge is 0.341 e. The molecule has 0 fully saturated rings. The molecule has 0 unspecified atom stereocenters. The molecule has 2 aromatic rings. The minimum atomic E-state index is -0.390.